The van der Waals surface area contributed by atoms with E-state index in [1.54, 1.807) is 0 Å². The number of rotatable bonds is 4. The Morgan fingerprint density at radius 3 is 2.84 bits per heavy atom. The highest BCUT2D eigenvalue weighted by atomic mass is 15.3. The molecule has 1 aromatic rings. The van der Waals surface area contributed by atoms with Gasteiger partial charge in [-0.2, -0.15) is 0 Å². The van der Waals surface area contributed by atoms with Gasteiger partial charge in [-0.3, -0.25) is 0 Å². The van der Waals surface area contributed by atoms with E-state index in [1.165, 1.54) is 18.4 Å². The minimum atomic E-state index is 0.544. The van der Waals surface area contributed by atoms with Gasteiger partial charge in [0.2, 0.25) is 5.95 Å². The molecule has 2 unspecified atom stereocenters. The molecule has 0 radical (unpaired) electrons. The van der Waals surface area contributed by atoms with Gasteiger partial charge in [-0.05, 0) is 39.2 Å². The van der Waals surface area contributed by atoms with E-state index in [-0.39, 0.29) is 0 Å². The Kier molecular flexibility index (Phi) is 4.75. The molecule has 1 saturated heterocycles. The summed E-state index contributed by atoms with van der Waals surface area (Å²) < 4.78 is 0. The molecule has 1 aromatic heterocycles. The normalized spacial score (nSPS) is 23.7. The first-order chi connectivity index (χ1) is 9.11. The maximum absolute atomic E-state index is 4.70. The summed E-state index contributed by atoms with van der Waals surface area (Å²) in [6.07, 6.45) is 4.46. The molecule has 1 aliphatic heterocycles. The van der Waals surface area contributed by atoms with Gasteiger partial charge >= 0.3 is 0 Å². The molecule has 2 heterocycles. The van der Waals surface area contributed by atoms with Crippen LogP contribution < -0.4 is 10.2 Å². The maximum atomic E-state index is 4.70. The highest BCUT2D eigenvalue weighted by Crippen LogP contribution is 2.25. The quantitative estimate of drug-likeness (QED) is 0.905. The monoisotopic (exact) mass is 262 g/mol. The third-order valence-corrected chi connectivity index (χ3v) is 4.03. The lowest BCUT2D eigenvalue weighted by molar-refractivity contribution is 0.373. The lowest BCUT2D eigenvalue weighted by atomic mass is 9.94. The minimum absolute atomic E-state index is 0.544. The second-order valence-electron chi connectivity index (χ2n) is 5.73. The Morgan fingerprint density at radius 1 is 1.42 bits per heavy atom. The number of nitrogens with zero attached hydrogens (tertiary/aromatic N) is 3. The molecule has 106 valence electrons. The molecule has 0 aromatic carbocycles. The van der Waals surface area contributed by atoms with Crippen LogP contribution in [-0.2, 0) is 6.54 Å². The Balaban J connectivity index is 2.10. The van der Waals surface area contributed by atoms with E-state index in [9.17, 15) is 0 Å². The van der Waals surface area contributed by atoms with E-state index in [2.05, 4.69) is 42.9 Å². The van der Waals surface area contributed by atoms with Crippen LogP contribution >= 0.6 is 0 Å². The van der Waals surface area contributed by atoms with Crippen molar-refractivity contribution in [1.29, 1.82) is 0 Å². The summed E-state index contributed by atoms with van der Waals surface area (Å²) in [5.74, 6) is 1.72. The standard InChI is InChI=1S/C15H26N4/c1-5-16-9-14-10-17-15(18-13(14)4)19-7-6-11(2)8-12(19)3/h10-12,16H,5-9H2,1-4H3. The van der Waals surface area contributed by atoms with E-state index in [1.807, 2.05) is 6.20 Å². The van der Waals surface area contributed by atoms with Crippen LogP contribution in [0.3, 0.4) is 0 Å². The smallest absolute Gasteiger partial charge is 0.225 e. The van der Waals surface area contributed by atoms with Crippen molar-refractivity contribution in [3.05, 3.63) is 17.5 Å². The first kappa shape index (κ1) is 14.3. The Hall–Kier alpha value is -1.16. The number of anilines is 1. The second kappa shape index (κ2) is 6.33. The average Bonchev–Trinajstić information content (AvgIpc) is 2.37. The van der Waals surface area contributed by atoms with Crippen LogP contribution in [0.4, 0.5) is 5.95 Å². The third-order valence-electron chi connectivity index (χ3n) is 4.03. The highest BCUT2D eigenvalue weighted by molar-refractivity contribution is 5.35. The van der Waals surface area contributed by atoms with Crippen molar-refractivity contribution in [1.82, 2.24) is 15.3 Å². The van der Waals surface area contributed by atoms with E-state index in [0.717, 1.165) is 37.2 Å². The summed E-state index contributed by atoms with van der Waals surface area (Å²) in [6.45, 7) is 11.7. The zero-order chi connectivity index (χ0) is 13.8. The molecule has 1 N–H and O–H groups in total. The molecule has 0 saturated carbocycles. The summed E-state index contributed by atoms with van der Waals surface area (Å²) in [6, 6.07) is 0.544. The van der Waals surface area contributed by atoms with Gasteiger partial charge in [0.05, 0.1) is 0 Å². The fourth-order valence-corrected chi connectivity index (χ4v) is 2.76. The predicted octanol–water partition coefficient (Wildman–Crippen LogP) is 2.52. The molecule has 1 fully saturated rings. The first-order valence-electron chi connectivity index (χ1n) is 7.41. The molecule has 0 amide bonds. The van der Waals surface area contributed by atoms with Crippen LogP contribution in [0.25, 0.3) is 0 Å². The van der Waals surface area contributed by atoms with Crippen molar-refractivity contribution in [2.24, 2.45) is 5.92 Å². The van der Waals surface area contributed by atoms with Crippen molar-refractivity contribution in [3.8, 4) is 0 Å². The van der Waals surface area contributed by atoms with Gasteiger partial charge in [-0.1, -0.05) is 13.8 Å². The molecule has 0 spiro atoms. The highest BCUT2D eigenvalue weighted by Gasteiger charge is 2.24. The number of aromatic nitrogens is 2. The zero-order valence-corrected chi connectivity index (χ0v) is 12.6. The summed E-state index contributed by atoms with van der Waals surface area (Å²) in [7, 11) is 0. The topological polar surface area (TPSA) is 41.1 Å². The van der Waals surface area contributed by atoms with E-state index >= 15 is 0 Å². The van der Waals surface area contributed by atoms with Crippen molar-refractivity contribution in [2.45, 2.75) is 53.1 Å². The summed E-state index contributed by atoms with van der Waals surface area (Å²) in [5.41, 5.74) is 2.29. The van der Waals surface area contributed by atoms with Crippen molar-refractivity contribution >= 4 is 5.95 Å². The molecule has 4 nitrogen and oxygen atoms in total. The molecular weight excluding hydrogens is 236 g/mol. The number of aryl methyl sites for hydroxylation is 1. The van der Waals surface area contributed by atoms with Crippen LogP contribution in [0.1, 0.15) is 44.9 Å². The van der Waals surface area contributed by atoms with Crippen LogP contribution in [0, 0.1) is 12.8 Å². The summed E-state index contributed by atoms with van der Waals surface area (Å²) in [5, 5.41) is 3.33. The number of piperidine rings is 1. The van der Waals surface area contributed by atoms with Crippen LogP contribution in [0.5, 0.6) is 0 Å². The fraction of sp³-hybridized carbons (Fsp3) is 0.733. The lowest BCUT2D eigenvalue weighted by Gasteiger charge is -2.36. The van der Waals surface area contributed by atoms with Gasteiger partial charge in [0.15, 0.2) is 0 Å². The molecule has 4 heteroatoms. The SMILES string of the molecule is CCNCc1cnc(N2CCC(C)CC2C)nc1C. The fourth-order valence-electron chi connectivity index (χ4n) is 2.76. The minimum Gasteiger partial charge on any atom is -0.338 e. The van der Waals surface area contributed by atoms with Crippen LogP contribution in [-0.4, -0.2) is 29.1 Å². The Bertz CT molecular complexity index is 419. The van der Waals surface area contributed by atoms with Gasteiger partial charge in [0, 0.05) is 36.6 Å². The molecule has 0 aliphatic carbocycles. The largest absolute Gasteiger partial charge is 0.338 e. The maximum Gasteiger partial charge on any atom is 0.225 e. The molecule has 1 aliphatic rings. The molecule has 19 heavy (non-hydrogen) atoms. The predicted molar refractivity (Wildman–Crippen MR) is 79.4 cm³/mol. The summed E-state index contributed by atoms with van der Waals surface area (Å²) >= 11 is 0. The van der Waals surface area contributed by atoms with Gasteiger partial charge in [0.25, 0.3) is 0 Å². The molecular formula is C15H26N4. The van der Waals surface area contributed by atoms with Gasteiger partial charge in [0.1, 0.15) is 0 Å². The van der Waals surface area contributed by atoms with Crippen molar-refractivity contribution < 1.29 is 0 Å². The van der Waals surface area contributed by atoms with Gasteiger partial charge in [-0.25, -0.2) is 9.97 Å². The number of nitrogens with one attached hydrogen (secondary N) is 1. The van der Waals surface area contributed by atoms with E-state index in [4.69, 9.17) is 4.98 Å². The van der Waals surface area contributed by atoms with Crippen LogP contribution in [0.2, 0.25) is 0 Å². The van der Waals surface area contributed by atoms with Crippen LogP contribution in [0.15, 0.2) is 6.20 Å². The Labute approximate surface area is 116 Å². The molecule has 0 bridgehead atoms. The van der Waals surface area contributed by atoms with Crippen molar-refractivity contribution in [2.75, 3.05) is 18.0 Å². The molecule has 2 atom stereocenters. The van der Waals surface area contributed by atoms with Crippen molar-refractivity contribution in [3.63, 3.8) is 0 Å². The lowest BCUT2D eigenvalue weighted by Crippen LogP contribution is -2.41. The van der Waals surface area contributed by atoms with E-state index < -0.39 is 0 Å². The first-order valence-corrected chi connectivity index (χ1v) is 7.41. The average molecular weight is 262 g/mol. The Morgan fingerprint density at radius 2 is 2.21 bits per heavy atom. The second-order valence-corrected chi connectivity index (χ2v) is 5.73. The van der Waals surface area contributed by atoms with Gasteiger partial charge < -0.3 is 10.2 Å². The zero-order valence-electron chi connectivity index (χ0n) is 12.6. The molecule has 2 rings (SSSR count). The number of hydrogen-bond acceptors (Lipinski definition) is 4. The van der Waals surface area contributed by atoms with E-state index in [0.29, 0.717) is 6.04 Å². The number of hydrogen-bond donors (Lipinski definition) is 1. The van der Waals surface area contributed by atoms with Gasteiger partial charge in [-0.15, -0.1) is 0 Å². The third kappa shape index (κ3) is 3.44. The summed E-state index contributed by atoms with van der Waals surface area (Å²) in [4.78, 5) is 11.6.